The average Bonchev–Trinajstić information content (AvgIpc) is 3.07. The van der Waals surface area contributed by atoms with Gasteiger partial charge >= 0.3 is 0 Å². The van der Waals surface area contributed by atoms with E-state index in [2.05, 4.69) is 15.3 Å². The number of aromatic nitrogens is 3. The Morgan fingerprint density at radius 3 is 2.88 bits per heavy atom. The molecule has 130 valence electrons. The quantitative estimate of drug-likeness (QED) is 0.764. The largest absolute Gasteiger partial charge is 0.337 e. The molecule has 2 aromatic heterocycles. The summed E-state index contributed by atoms with van der Waals surface area (Å²) in [6.45, 7) is 1.57. The Morgan fingerprint density at radius 2 is 2.08 bits per heavy atom. The lowest BCUT2D eigenvalue weighted by Crippen LogP contribution is -2.49. The van der Waals surface area contributed by atoms with Gasteiger partial charge in [0.15, 0.2) is 0 Å². The van der Waals surface area contributed by atoms with Crippen LogP contribution in [0.1, 0.15) is 11.9 Å². The Balaban J connectivity index is 1.77. The Labute approximate surface area is 146 Å². The molecule has 1 aliphatic rings. The minimum atomic E-state index is -3.63. The van der Waals surface area contributed by atoms with E-state index < -0.39 is 10.0 Å². The molecule has 1 aromatic carbocycles. The number of nitrogens with zero attached hydrogens (tertiary/aromatic N) is 4. The van der Waals surface area contributed by atoms with Gasteiger partial charge in [-0.25, -0.2) is 13.4 Å². The molecule has 0 spiro atoms. The van der Waals surface area contributed by atoms with E-state index in [4.69, 9.17) is 0 Å². The van der Waals surface area contributed by atoms with Crippen molar-refractivity contribution in [1.29, 1.82) is 0 Å². The molecule has 3 heterocycles. The maximum Gasteiger partial charge on any atom is 0.243 e. The van der Waals surface area contributed by atoms with E-state index in [9.17, 15) is 8.42 Å². The van der Waals surface area contributed by atoms with E-state index in [1.54, 1.807) is 41.0 Å². The topological polar surface area (TPSA) is 80.1 Å². The third-order valence-electron chi connectivity index (χ3n) is 4.53. The normalized spacial score (nSPS) is 19.3. The van der Waals surface area contributed by atoms with Gasteiger partial charge in [0.1, 0.15) is 5.82 Å². The fourth-order valence-electron chi connectivity index (χ4n) is 3.24. The molecule has 8 heteroatoms. The Bertz CT molecular complexity index is 1010. The molecule has 0 amide bonds. The van der Waals surface area contributed by atoms with E-state index in [1.165, 1.54) is 0 Å². The zero-order chi connectivity index (χ0) is 17.4. The monoisotopic (exact) mass is 357 g/mol. The molecule has 1 atom stereocenters. The highest BCUT2D eigenvalue weighted by molar-refractivity contribution is 7.89. The van der Waals surface area contributed by atoms with Crippen LogP contribution >= 0.6 is 0 Å². The molecule has 25 heavy (non-hydrogen) atoms. The molecule has 1 fully saturated rings. The van der Waals surface area contributed by atoms with Gasteiger partial charge in [0.05, 0.1) is 16.5 Å². The first-order chi connectivity index (χ1) is 12.1. The number of nitrogens with one attached hydrogen (secondary N) is 1. The number of benzene rings is 1. The van der Waals surface area contributed by atoms with Crippen LogP contribution in [0, 0.1) is 0 Å². The minimum Gasteiger partial charge on any atom is -0.337 e. The van der Waals surface area contributed by atoms with Crippen LogP contribution < -0.4 is 5.32 Å². The Kier molecular flexibility index (Phi) is 4.03. The summed E-state index contributed by atoms with van der Waals surface area (Å²) in [5.41, 5.74) is 0.780. The number of imidazole rings is 1. The molecule has 0 radical (unpaired) electrons. The maximum absolute atomic E-state index is 13.3. The van der Waals surface area contributed by atoms with Crippen LogP contribution in [0.2, 0.25) is 0 Å². The summed E-state index contributed by atoms with van der Waals surface area (Å²) >= 11 is 0. The lowest BCUT2D eigenvalue weighted by molar-refractivity contribution is 0.258. The summed E-state index contributed by atoms with van der Waals surface area (Å²) in [5, 5.41) is 4.08. The van der Waals surface area contributed by atoms with Crippen molar-refractivity contribution >= 4 is 20.9 Å². The third kappa shape index (κ3) is 2.82. The van der Waals surface area contributed by atoms with Gasteiger partial charge in [0.2, 0.25) is 10.0 Å². The summed E-state index contributed by atoms with van der Waals surface area (Å²) in [5.74, 6) is 0.734. The van der Waals surface area contributed by atoms with Crippen molar-refractivity contribution in [2.24, 2.45) is 7.05 Å². The van der Waals surface area contributed by atoms with Crippen LogP contribution in [0.25, 0.3) is 10.9 Å². The van der Waals surface area contributed by atoms with Crippen LogP contribution in [-0.2, 0) is 17.1 Å². The first kappa shape index (κ1) is 16.2. The molecule has 0 saturated carbocycles. The van der Waals surface area contributed by atoms with E-state index in [0.717, 1.165) is 16.7 Å². The van der Waals surface area contributed by atoms with E-state index in [1.807, 2.05) is 23.9 Å². The average molecular weight is 357 g/mol. The highest BCUT2D eigenvalue weighted by Crippen LogP contribution is 2.29. The fourth-order valence-corrected chi connectivity index (χ4v) is 4.86. The highest BCUT2D eigenvalue weighted by atomic mass is 32.2. The van der Waals surface area contributed by atoms with Crippen molar-refractivity contribution in [1.82, 2.24) is 24.2 Å². The number of piperazine rings is 1. The van der Waals surface area contributed by atoms with Crippen LogP contribution in [0.3, 0.4) is 0 Å². The third-order valence-corrected chi connectivity index (χ3v) is 6.44. The molecular formula is C17H19N5O2S. The molecule has 0 aliphatic carbocycles. The maximum atomic E-state index is 13.3. The fraction of sp³-hybridized carbons (Fsp3) is 0.294. The first-order valence-corrected chi connectivity index (χ1v) is 9.56. The van der Waals surface area contributed by atoms with Crippen LogP contribution in [0.15, 0.2) is 53.8 Å². The van der Waals surface area contributed by atoms with Gasteiger partial charge in [-0.15, -0.1) is 0 Å². The Morgan fingerprint density at radius 1 is 1.20 bits per heavy atom. The number of hydrogen-bond acceptors (Lipinski definition) is 5. The number of rotatable bonds is 3. The second-order valence-corrected chi connectivity index (χ2v) is 7.98. The summed E-state index contributed by atoms with van der Waals surface area (Å²) in [6, 6.07) is 8.41. The lowest BCUT2D eigenvalue weighted by atomic mass is 10.2. The van der Waals surface area contributed by atoms with Crippen molar-refractivity contribution in [3.8, 4) is 0 Å². The van der Waals surface area contributed by atoms with Gasteiger partial charge < -0.3 is 9.88 Å². The number of aryl methyl sites for hydroxylation is 1. The summed E-state index contributed by atoms with van der Waals surface area (Å²) in [7, 11) is -1.75. The molecule has 1 aliphatic heterocycles. The lowest BCUT2D eigenvalue weighted by Gasteiger charge is -2.34. The molecule has 1 saturated heterocycles. The molecule has 0 bridgehead atoms. The van der Waals surface area contributed by atoms with Gasteiger partial charge in [-0.3, -0.25) is 4.98 Å². The molecular weight excluding hydrogens is 338 g/mol. The van der Waals surface area contributed by atoms with Gasteiger partial charge in [-0.2, -0.15) is 4.31 Å². The number of pyridine rings is 1. The van der Waals surface area contributed by atoms with E-state index >= 15 is 0 Å². The van der Waals surface area contributed by atoms with Crippen LogP contribution in [-0.4, -0.2) is 46.9 Å². The van der Waals surface area contributed by atoms with Gasteiger partial charge in [0.25, 0.3) is 0 Å². The predicted octanol–water partition coefficient (Wildman–Crippen LogP) is 1.30. The summed E-state index contributed by atoms with van der Waals surface area (Å²) in [6.07, 6.45) is 5.22. The second-order valence-electron chi connectivity index (χ2n) is 6.09. The second kappa shape index (κ2) is 6.21. The first-order valence-electron chi connectivity index (χ1n) is 8.12. The van der Waals surface area contributed by atoms with Gasteiger partial charge in [-0.05, 0) is 24.3 Å². The number of fused-ring (bicyclic) bond motifs is 1. The smallest absolute Gasteiger partial charge is 0.243 e. The minimum absolute atomic E-state index is 0.286. The number of sulfonamides is 1. The van der Waals surface area contributed by atoms with E-state index in [-0.39, 0.29) is 10.9 Å². The van der Waals surface area contributed by atoms with Crippen LogP contribution in [0.4, 0.5) is 0 Å². The van der Waals surface area contributed by atoms with Gasteiger partial charge in [-0.1, -0.05) is 6.07 Å². The standard InChI is InChI=1S/C17H19N5O2S/c1-21-9-8-20-17(21)16-12-18-7-10-22(16)25(23,24)14-4-5-15-13(11-14)3-2-6-19-15/h2-6,8-9,11,16,18H,7,10,12H2,1H3. The van der Waals surface area contributed by atoms with Crippen molar-refractivity contribution in [2.45, 2.75) is 10.9 Å². The summed E-state index contributed by atoms with van der Waals surface area (Å²) < 4.78 is 30.0. The number of hydrogen-bond donors (Lipinski definition) is 1. The van der Waals surface area contributed by atoms with Crippen LogP contribution in [0.5, 0.6) is 0 Å². The molecule has 1 unspecified atom stereocenters. The molecule has 1 N–H and O–H groups in total. The summed E-state index contributed by atoms with van der Waals surface area (Å²) in [4.78, 5) is 8.89. The van der Waals surface area contributed by atoms with Gasteiger partial charge in [0, 0.05) is 50.7 Å². The predicted molar refractivity (Wildman–Crippen MR) is 94.5 cm³/mol. The molecule has 3 aromatic rings. The zero-order valence-corrected chi connectivity index (χ0v) is 14.6. The van der Waals surface area contributed by atoms with Crippen molar-refractivity contribution in [3.05, 3.63) is 54.7 Å². The SMILES string of the molecule is Cn1ccnc1C1CNCCN1S(=O)(=O)c1ccc2ncccc2c1. The van der Waals surface area contributed by atoms with E-state index in [0.29, 0.717) is 19.6 Å². The van der Waals surface area contributed by atoms with Crippen molar-refractivity contribution in [3.63, 3.8) is 0 Å². The molecule has 7 nitrogen and oxygen atoms in total. The molecule has 4 rings (SSSR count). The van der Waals surface area contributed by atoms with Crippen molar-refractivity contribution < 1.29 is 8.42 Å². The highest BCUT2D eigenvalue weighted by Gasteiger charge is 2.36. The zero-order valence-electron chi connectivity index (χ0n) is 13.8. The van der Waals surface area contributed by atoms with Crippen molar-refractivity contribution in [2.75, 3.05) is 19.6 Å². The Hall–Kier alpha value is -2.29.